The van der Waals surface area contributed by atoms with E-state index >= 15 is 0 Å². The first-order chi connectivity index (χ1) is 10.2. The number of hydrogen-bond donors (Lipinski definition) is 1. The van der Waals surface area contributed by atoms with E-state index in [-0.39, 0.29) is 0 Å². The quantitative estimate of drug-likeness (QED) is 0.920. The third-order valence-electron chi connectivity index (χ3n) is 3.73. The van der Waals surface area contributed by atoms with Crippen molar-refractivity contribution in [3.63, 3.8) is 0 Å². The molecule has 0 radical (unpaired) electrons. The predicted octanol–water partition coefficient (Wildman–Crippen LogP) is 3.01. The summed E-state index contributed by atoms with van der Waals surface area (Å²) in [6.45, 7) is 0.937. The first kappa shape index (κ1) is 13.4. The second-order valence-electron chi connectivity index (χ2n) is 4.94. The zero-order chi connectivity index (χ0) is 14.8. The van der Waals surface area contributed by atoms with E-state index in [1.165, 1.54) is 4.90 Å². The van der Waals surface area contributed by atoms with Crippen LogP contribution in [0.2, 0.25) is 0 Å². The average Bonchev–Trinajstić information content (AvgIpc) is 2.54. The molecule has 1 aliphatic rings. The summed E-state index contributed by atoms with van der Waals surface area (Å²) in [5, 5.41) is 10.1. The molecule has 1 aromatic heterocycles. The number of benzene rings is 1. The molecule has 2 aromatic rings. The Balaban J connectivity index is 2.02. The number of pyridine rings is 1. The first-order valence-corrected chi connectivity index (χ1v) is 6.80. The van der Waals surface area contributed by atoms with E-state index < -0.39 is 6.09 Å². The molecule has 1 N–H and O–H groups in total. The lowest BCUT2D eigenvalue weighted by Gasteiger charge is -2.24. The summed E-state index contributed by atoms with van der Waals surface area (Å²) in [5.74, 6) is 0.582. The molecular weight excluding hydrogens is 268 g/mol. The van der Waals surface area contributed by atoms with Gasteiger partial charge in [-0.15, -0.1) is 0 Å². The van der Waals surface area contributed by atoms with E-state index in [1.54, 1.807) is 7.11 Å². The number of fused-ring (bicyclic) bond motifs is 1. The van der Waals surface area contributed by atoms with Gasteiger partial charge in [0.2, 0.25) is 5.88 Å². The van der Waals surface area contributed by atoms with Crippen LogP contribution in [0.1, 0.15) is 12.0 Å². The zero-order valence-corrected chi connectivity index (χ0v) is 11.7. The highest BCUT2D eigenvalue weighted by atomic mass is 16.5. The Kier molecular flexibility index (Phi) is 3.48. The highest BCUT2D eigenvalue weighted by Gasteiger charge is 2.18. The minimum Gasteiger partial charge on any atom is -0.481 e. The molecule has 1 aliphatic heterocycles. The molecule has 0 saturated heterocycles. The number of para-hydroxylation sites is 1. The molecule has 0 bridgehead atoms. The molecule has 1 aromatic carbocycles. The maximum Gasteiger partial charge on any atom is 0.407 e. The van der Waals surface area contributed by atoms with Gasteiger partial charge in [-0.2, -0.15) is 0 Å². The zero-order valence-electron chi connectivity index (χ0n) is 11.7. The lowest BCUT2D eigenvalue weighted by molar-refractivity contribution is 0.150. The second-order valence-corrected chi connectivity index (χ2v) is 4.94. The smallest absolute Gasteiger partial charge is 0.407 e. The Morgan fingerprint density at radius 3 is 2.86 bits per heavy atom. The summed E-state index contributed by atoms with van der Waals surface area (Å²) >= 11 is 0. The number of nitrogens with zero attached hydrogens (tertiary/aromatic N) is 2. The summed E-state index contributed by atoms with van der Waals surface area (Å²) in [6.07, 6.45) is 1.79. The third kappa shape index (κ3) is 2.54. The molecule has 0 aliphatic carbocycles. The van der Waals surface area contributed by atoms with Crippen molar-refractivity contribution < 1.29 is 14.6 Å². The lowest BCUT2D eigenvalue weighted by atomic mass is 9.97. The minimum atomic E-state index is -0.872. The Morgan fingerprint density at radius 1 is 1.33 bits per heavy atom. The van der Waals surface area contributed by atoms with Crippen molar-refractivity contribution in [2.75, 3.05) is 20.2 Å². The maximum absolute atomic E-state index is 11.0. The third-order valence-corrected chi connectivity index (χ3v) is 3.73. The Hall–Kier alpha value is -2.56. The molecule has 0 fully saturated rings. The van der Waals surface area contributed by atoms with Crippen molar-refractivity contribution in [1.29, 1.82) is 0 Å². The number of carboxylic acid groups (broad SMARTS) is 1. The molecule has 0 saturated carbocycles. The molecule has 2 heterocycles. The van der Waals surface area contributed by atoms with Gasteiger partial charge < -0.3 is 14.7 Å². The van der Waals surface area contributed by atoms with Crippen LogP contribution in [0.15, 0.2) is 36.4 Å². The van der Waals surface area contributed by atoms with Crippen molar-refractivity contribution >= 4 is 22.6 Å². The molecule has 5 nitrogen and oxygen atoms in total. The molecule has 1 amide bonds. The second kappa shape index (κ2) is 5.44. The summed E-state index contributed by atoms with van der Waals surface area (Å²) in [4.78, 5) is 16.9. The predicted molar refractivity (Wildman–Crippen MR) is 80.5 cm³/mol. The number of methoxy groups -OCH3 is 1. The van der Waals surface area contributed by atoms with Crippen LogP contribution in [-0.4, -0.2) is 41.3 Å². The van der Waals surface area contributed by atoms with E-state index in [0.717, 1.165) is 22.0 Å². The SMILES string of the molecule is COc1ccc2cccc(C3=CCN(C(=O)O)CC3)c2n1. The highest BCUT2D eigenvalue weighted by molar-refractivity contribution is 5.91. The normalized spacial score (nSPS) is 14.9. The van der Waals surface area contributed by atoms with Crippen LogP contribution in [0.5, 0.6) is 5.88 Å². The van der Waals surface area contributed by atoms with Crippen LogP contribution >= 0.6 is 0 Å². The Labute approximate surface area is 122 Å². The topological polar surface area (TPSA) is 62.7 Å². The van der Waals surface area contributed by atoms with Crippen molar-refractivity contribution in [2.45, 2.75) is 6.42 Å². The van der Waals surface area contributed by atoms with Crippen LogP contribution in [-0.2, 0) is 0 Å². The Morgan fingerprint density at radius 2 is 2.19 bits per heavy atom. The van der Waals surface area contributed by atoms with Gasteiger partial charge in [0, 0.05) is 30.1 Å². The van der Waals surface area contributed by atoms with Crippen LogP contribution in [0, 0.1) is 0 Å². The van der Waals surface area contributed by atoms with E-state index in [1.807, 2.05) is 36.4 Å². The van der Waals surface area contributed by atoms with Crippen molar-refractivity contribution in [3.8, 4) is 5.88 Å². The maximum atomic E-state index is 11.0. The monoisotopic (exact) mass is 284 g/mol. The molecule has 0 unspecified atom stereocenters. The fourth-order valence-electron chi connectivity index (χ4n) is 2.59. The molecular formula is C16H16N2O3. The summed E-state index contributed by atoms with van der Waals surface area (Å²) in [6, 6.07) is 9.86. The van der Waals surface area contributed by atoms with Crippen molar-refractivity contribution in [3.05, 3.63) is 42.0 Å². The molecule has 5 heteroatoms. The van der Waals surface area contributed by atoms with Gasteiger partial charge in [-0.1, -0.05) is 24.3 Å². The summed E-state index contributed by atoms with van der Waals surface area (Å²) in [7, 11) is 1.60. The number of amides is 1. The number of ether oxygens (including phenoxy) is 1. The standard InChI is InChI=1S/C16H16N2O3/c1-21-14-6-5-12-3-2-4-13(15(12)17-14)11-7-9-18(10-8-11)16(19)20/h2-7H,8-10H2,1H3,(H,19,20). The van der Waals surface area contributed by atoms with Gasteiger partial charge in [0.05, 0.1) is 12.6 Å². The number of carbonyl (C=O) groups is 1. The largest absolute Gasteiger partial charge is 0.481 e. The molecule has 108 valence electrons. The fraction of sp³-hybridized carbons (Fsp3) is 0.250. The fourth-order valence-corrected chi connectivity index (χ4v) is 2.59. The van der Waals surface area contributed by atoms with E-state index in [9.17, 15) is 4.79 Å². The van der Waals surface area contributed by atoms with Crippen LogP contribution in [0.4, 0.5) is 4.79 Å². The molecule has 0 spiro atoms. The van der Waals surface area contributed by atoms with Gasteiger partial charge in [-0.3, -0.25) is 0 Å². The minimum absolute atomic E-state index is 0.422. The molecule has 0 atom stereocenters. The summed E-state index contributed by atoms with van der Waals surface area (Å²) in [5.41, 5.74) is 3.09. The first-order valence-electron chi connectivity index (χ1n) is 6.80. The van der Waals surface area contributed by atoms with Crippen molar-refractivity contribution in [2.24, 2.45) is 0 Å². The van der Waals surface area contributed by atoms with Crippen molar-refractivity contribution in [1.82, 2.24) is 9.88 Å². The van der Waals surface area contributed by atoms with Gasteiger partial charge >= 0.3 is 6.09 Å². The van der Waals surface area contributed by atoms with Crippen LogP contribution in [0.25, 0.3) is 16.5 Å². The number of rotatable bonds is 2. The lowest BCUT2D eigenvalue weighted by Crippen LogP contribution is -2.33. The van der Waals surface area contributed by atoms with Gasteiger partial charge in [0.1, 0.15) is 0 Å². The van der Waals surface area contributed by atoms with Gasteiger partial charge in [-0.05, 0) is 18.1 Å². The van der Waals surface area contributed by atoms with Gasteiger partial charge in [-0.25, -0.2) is 9.78 Å². The van der Waals surface area contributed by atoms with Gasteiger partial charge in [0.15, 0.2) is 0 Å². The number of aromatic nitrogens is 1. The van der Waals surface area contributed by atoms with Crippen LogP contribution in [0.3, 0.4) is 0 Å². The van der Waals surface area contributed by atoms with E-state index in [4.69, 9.17) is 9.84 Å². The number of hydrogen-bond acceptors (Lipinski definition) is 3. The highest BCUT2D eigenvalue weighted by Crippen LogP contribution is 2.29. The van der Waals surface area contributed by atoms with E-state index in [0.29, 0.717) is 25.4 Å². The molecule has 3 rings (SSSR count). The Bertz CT molecular complexity index is 725. The van der Waals surface area contributed by atoms with E-state index in [2.05, 4.69) is 4.98 Å². The molecule has 21 heavy (non-hydrogen) atoms. The average molecular weight is 284 g/mol. The van der Waals surface area contributed by atoms with Gasteiger partial charge in [0.25, 0.3) is 0 Å². The van der Waals surface area contributed by atoms with Crippen LogP contribution < -0.4 is 4.74 Å². The summed E-state index contributed by atoms with van der Waals surface area (Å²) < 4.78 is 5.20.